The standard InChI is InChI=1S/C31H29ClFN9O/c1-38(2)30(20-4-6-26(33)25(32)12-20)31(43)41-10-8-40(9-11-41)28-7-5-21(16-35-28)27-13-22(23-17-37-39(3)19-23)14-29-36-18-24(15-34)42(27)29/h4-7,12-14,16-19,30H,8-11H2,1-3H3. The second kappa shape index (κ2) is 11.5. The van der Waals surface area contributed by atoms with Crippen molar-refractivity contribution in [1.82, 2.24) is 33.9 Å². The highest BCUT2D eigenvalue weighted by Gasteiger charge is 2.31. The molecule has 1 saturated heterocycles. The van der Waals surface area contributed by atoms with Crippen LogP contribution in [0.15, 0.2) is 67.3 Å². The third-order valence-corrected chi connectivity index (χ3v) is 8.02. The van der Waals surface area contributed by atoms with E-state index in [9.17, 15) is 14.4 Å². The number of likely N-dealkylation sites (N-methyl/N-ethyl adjacent to an activating group) is 1. The van der Waals surface area contributed by atoms with Crippen molar-refractivity contribution >= 4 is 29.0 Å². The minimum Gasteiger partial charge on any atom is -0.353 e. The molecule has 0 saturated carbocycles. The van der Waals surface area contributed by atoms with Gasteiger partial charge in [-0.3, -0.25) is 18.8 Å². The Hall–Kier alpha value is -4.79. The average molecular weight is 598 g/mol. The van der Waals surface area contributed by atoms with Crippen molar-refractivity contribution in [3.8, 4) is 28.5 Å². The molecule has 1 aliphatic rings. The van der Waals surface area contributed by atoms with Gasteiger partial charge in [0.1, 0.15) is 35.1 Å². The van der Waals surface area contributed by atoms with Gasteiger partial charge in [0.25, 0.3) is 0 Å². The number of anilines is 1. The first kappa shape index (κ1) is 28.3. The lowest BCUT2D eigenvalue weighted by Gasteiger charge is -2.38. The van der Waals surface area contributed by atoms with E-state index in [1.165, 1.54) is 12.1 Å². The largest absolute Gasteiger partial charge is 0.353 e. The highest BCUT2D eigenvalue weighted by molar-refractivity contribution is 6.30. The van der Waals surface area contributed by atoms with Crippen molar-refractivity contribution in [3.63, 3.8) is 0 Å². The van der Waals surface area contributed by atoms with Crippen LogP contribution >= 0.6 is 11.6 Å². The number of carbonyl (C=O) groups is 1. The molecule has 4 aromatic heterocycles. The molecule has 1 unspecified atom stereocenters. The third kappa shape index (κ3) is 5.43. The van der Waals surface area contributed by atoms with E-state index in [0.717, 1.165) is 28.2 Å². The molecule has 1 amide bonds. The molecule has 43 heavy (non-hydrogen) atoms. The predicted molar refractivity (Wildman–Crippen MR) is 162 cm³/mol. The first-order valence-electron chi connectivity index (χ1n) is 13.8. The number of imidazole rings is 1. The summed E-state index contributed by atoms with van der Waals surface area (Å²) >= 11 is 6.01. The fourth-order valence-electron chi connectivity index (χ4n) is 5.54. The van der Waals surface area contributed by atoms with Crippen LogP contribution in [-0.2, 0) is 11.8 Å². The van der Waals surface area contributed by atoms with E-state index in [0.29, 0.717) is 43.1 Å². The van der Waals surface area contributed by atoms with E-state index >= 15 is 0 Å². The number of hydrogen-bond donors (Lipinski definition) is 0. The molecule has 0 aliphatic carbocycles. The number of rotatable bonds is 6. The number of carbonyl (C=O) groups excluding carboxylic acids is 1. The van der Waals surface area contributed by atoms with Crippen LogP contribution in [0.5, 0.6) is 0 Å². The Morgan fingerprint density at radius 3 is 2.42 bits per heavy atom. The van der Waals surface area contributed by atoms with E-state index < -0.39 is 11.9 Å². The molecular formula is C31H29ClFN9O. The van der Waals surface area contributed by atoms with Gasteiger partial charge in [0, 0.05) is 56.7 Å². The van der Waals surface area contributed by atoms with Crippen LogP contribution in [0.4, 0.5) is 10.2 Å². The summed E-state index contributed by atoms with van der Waals surface area (Å²) in [7, 11) is 5.52. The van der Waals surface area contributed by atoms with Crippen LogP contribution in [0, 0.1) is 17.1 Å². The number of halogens is 2. The SMILES string of the molecule is CN(C)C(C(=O)N1CCN(c2ccc(-c3cc(-c4cnn(C)c4)cc4ncc(C#N)n34)cn2)CC1)c1ccc(F)c(Cl)c1. The number of aromatic nitrogens is 5. The highest BCUT2D eigenvalue weighted by Crippen LogP contribution is 2.31. The molecule has 1 fully saturated rings. The Balaban J connectivity index is 1.21. The van der Waals surface area contributed by atoms with Crippen LogP contribution < -0.4 is 4.90 Å². The van der Waals surface area contributed by atoms with Crippen LogP contribution in [0.3, 0.4) is 0 Å². The molecule has 5 aromatic rings. The third-order valence-electron chi connectivity index (χ3n) is 7.73. The quantitative estimate of drug-likeness (QED) is 0.286. The molecule has 1 aromatic carbocycles. The predicted octanol–water partition coefficient (Wildman–Crippen LogP) is 4.41. The van der Waals surface area contributed by atoms with E-state index in [2.05, 4.69) is 21.1 Å². The summed E-state index contributed by atoms with van der Waals surface area (Å²) in [4.78, 5) is 28.5. The molecule has 10 nitrogen and oxygen atoms in total. The maximum absolute atomic E-state index is 13.7. The molecule has 0 bridgehead atoms. The van der Waals surface area contributed by atoms with Gasteiger partial charge >= 0.3 is 0 Å². The van der Waals surface area contributed by atoms with Crippen molar-refractivity contribution in [2.75, 3.05) is 45.2 Å². The molecule has 0 radical (unpaired) electrons. The summed E-state index contributed by atoms with van der Waals surface area (Å²) in [5, 5.41) is 14.0. The zero-order valence-electron chi connectivity index (χ0n) is 23.9. The number of nitrogens with zero attached hydrogens (tertiary/aromatic N) is 9. The first-order chi connectivity index (χ1) is 20.7. The maximum atomic E-state index is 13.7. The zero-order valence-corrected chi connectivity index (χ0v) is 24.7. The second-order valence-electron chi connectivity index (χ2n) is 10.7. The van der Waals surface area contributed by atoms with Crippen molar-refractivity contribution in [2.24, 2.45) is 7.05 Å². The van der Waals surface area contributed by atoms with Gasteiger partial charge in [-0.1, -0.05) is 17.7 Å². The van der Waals surface area contributed by atoms with Gasteiger partial charge in [0.05, 0.1) is 23.1 Å². The van der Waals surface area contributed by atoms with Crippen LogP contribution in [0.25, 0.3) is 28.0 Å². The van der Waals surface area contributed by atoms with E-state index in [1.807, 2.05) is 65.8 Å². The number of pyridine rings is 2. The van der Waals surface area contributed by atoms with Gasteiger partial charge in [-0.2, -0.15) is 10.4 Å². The second-order valence-corrected chi connectivity index (χ2v) is 11.1. The minimum absolute atomic E-state index is 0.00193. The average Bonchev–Trinajstić information content (AvgIpc) is 3.64. The van der Waals surface area contributed by atoms with Crippen molar-refractivity contribution in [2.45, 2.75) is 6.04 Å². The molecule has 1 aliphatic heterocycles. The molecule has 0 spiro atoms. The summed E-state index contributed by atoms with van der Waals surface area (Å²) in [5.74, 6) is 0.238. The lowest BCUT2D eigenvalue weighted by atomic mass is 10.0. The summed E-state index contributed by atoms with van der Waals surface area (Å²) in [6, 6.07) is 14.0. The summed E-state index contributed by atoms with van der Waals surface area (Å²) in [6.07, 6.45) is 7.10. The van der Waals surface area contributed by atoms with E-state index in [-0.39, 0.29) is 10.9 Å². The maximum Gasteiger partial charge on any atom is 0.244 e. The fourth-order valence-corrected chi connectivity index (χ4v) is 5.73. The van der Waals surface area contributed by atoms with Gasteiger partial charge < -0.3 is 9.80 Å². The van der Waals surface area contributed by atoms with Crippen LogP contribution in [0.2, 0.25) is 5.02 Å². The van der Waals surface area contributed by atoms with Gasteiger partial charge in [-0.15, -0.1) is 0 Å². The van der Waals surface area contributed by atoms with E-state index in [1.54, 1.807) is 29.3 Å². The number of piperazine rings is 1. The Morgan fingerprint density at radius 2 is 1.79 bits per heavy atom. The highest BCUT2D eigenvalue weighted by atomic mass is 35.5. The van der Waals surface area contributed by atoms with Crippen molar-refractivity contribution in [3.05, 3.63) is 89.3 Å². The van der Waals surface area contributed by atoms with Crippen molar-refractivity contribution in [1.29, 1.82) is 5.26 Å². The van der Waals surface area contributed by atoms with Crippen LogP contribution in [-0.4, -0.2) is 80.1 Å². The normalized spacial score (nSPS) is 14.3. The number of benzene rings is 1. The molecule has 6 rings (SSSR count). The van der Waals surface area contributed by atoms with Crippen molar-refractivity contribution < 1.29 is 9.18 Å². The molecule has 12 heteroatoms. The number of hydrogen-bond acceptors (Lipinski definition) is 7. The number of nitriles is 1. The molecular weight excluding hydrogens is 569 g/mol. The Morgan fingerprint density at radius 1 is 1.00 bits per heavy atom. The smallest absolute Gasteiger partial charge is 0.244 e. The Bertz CT molecular complexity index is 1850. The molecule has 0 N–H and O–H groups in total. The number of fused-ring (bicyclic) bond motifs is 1. The Kier molecular flexibility index (Phi) is 7.56. The van der Waals surface area contributed by atoms with Gasteiger partial charge in [-0.05, 0) is 61.6 Å². The summed E-state index contributed by atoms with van der Waals surface area (Å²) in [6.45, 7) is 2.28. The lowest BCUT2D eigenvalue weighted by Crippen LogP contribution is -2.51. The molecule has 1 atom stereocenters. The van der Waals surface area contributed by atoms with Gasteiger partial charge in [0.15, 0.2) is 0 Å². The summed E-state index contributed by atoms with van der Waals surface area (Å²) in [5.41, 5.74) is 5.28. The number of amides is 1. The monoisotopic (exact) mass is 597 g/mol. The topological polar surface area (TPSA) is 98.6 Å². The fraction of sp³-hybridized carbons (Fsp3) is 0.258. The molecule has 5 heterocycles. The first-order valence-corrected chi connectivity index (χ1v) is 14.1. The number of aryl methyl sites for hydroxylation is 1. The lowest BCUT2D eigenvalue weighted by molar-refractivity contribution is -0.136. The molecule has 218 valence electrons. The summed E-state index contributed by atoms with van der Waals surface area (Å²) < 4.78 is 17.3. The zero-order chi connectivity index (χ0) is 30.2. The van der Waals surface area contributed by atoms with Gasteiger partial charge in [0.2, 0.25) is 5.91 Å². The minimum atomic E-state index is -0.567. The van der Waals surface area contributed by atoms with Crippen LogP contribution in [0.1, 0.15) is 17.3 Å². The van der Waals surface area contributed by atoms with Gasteiger partial charge in [-0.25, -0.2) is 14.4 Å². The van der Waals surface area contributed by atoms with E-state index in [4.69, 9.17) is 16.6 Å². The Labute approximate surface area is 253 Å².